The molecule has 0 aromatic rings. The molecule has 2 aliphatic rings. The molecule has 0 aliphatic carbocycles. The molecule has 2 heterocycles. The van der Waals surface area contributed by atoms with Gasteiger partial charge in [0.1, 0.15) is 0 Å². The molecule has 178 valence electrons. The third kappa shape index (κ3) is 5.34. The fourth-order valence-corrected chi connectivity index (χ4v) is 6.74. The van der Waals surface area contributed by atoms with Gasteiger partial charge in [-0.3, -0.25) is 4.57 Å². The summed E-state index contributed by atoms with van der Waals surface area (Å²) in [4.78, 5) is 0. The lowest BCUT2D eigenvalue weighted by Gasteiger charge is -2.54. The first kappa shape index (κ1) is 26.3. The summed E-state index contributed by atoms with van der Waals surface area (Å²) in [5.74, 6) is 0.541. The van der Waals surface area contributed by atoms with Crippen LogP contribution in [0.15, 0.2) is 0 Å². The Hall–Kier alpha value is 0.0700. The number of rotatable bonds is 8. The molecule has 0 saturated carbocycles. The van der Waals surface area contributed by atoms with Gasteiger partial charge in [-0.2, -0.15) is 0 Å². The number of piperidine rings is 2. The molecule has 6 heteroatoms. The minimum absolute atomic E-state index is 0.00625. The van der Waals surface area contributed by atoms with Crippen LogP contribution in [0.3, 0.4) is 0 Å². The molecule has 2 N–H and O–H groups in total. The van der Waals surface area contributed by atoms with Gasteiger partial charge in [-0.05, 0) is 66.2 Å². The fourth-order valence-electron chi connectivity index (χ4n) is 5.62. The summed E-state index contributed by atoms with van der Waals surface area (Å²) in [5, 5.41) is 7.73. The SMILES string of the molecule is CCC1(C)CC(O[PH](=O)OC2CC(C)(CC)NC(C)(CC)C2C)C(C)C(C)(CC)N1. The largest absolute Gasteiger partial charge is 0.319 e. The van der Waals surface area contributed by atoms with E-state index in [-0.39, 0.29) is 46.2 Å². The number of hydrogen-bond acceptors (Lipinski definition) is 5. The van der Waals surface area contributed by atoms with Gasteiger partial charge >= 0.3 is 8.25 Å². The molecule has 2 rings (SSSR count). The van der Waals surface area contributed by atoms with Crippen LogP contribution in [0, 0.1) is 11.8 Å². The molecular formula is C24H49N2O3P. The van der Waals surface area contributed by atoms with Crippen molar-refractivity contribution in [1.29, 1.82) is 0 Å². The molecule has 8 atom stereocenters. The first-order valence-corrected chi connectivity index (χ1v) is 13.5. The van der Waals surface area contributed by atoms with Gasteiger partial charge < -0.3 is 19.7 Å². The average molecular weight is 445 g/mol. The maximum absolute atomic E-state index is 13.2. The Kier molecular flexibility index (Phi) is 8.35. The van der Waals surface area contributed by atoms with Crippen LogP contribution in [-0.2, 0) is 13.6 Å². The minimum atomic E-state index is -2.59. The third-order valence-corrected chi connectivity index (χ3v) is 10.1. The van der Waals surface area contributed by atoms with Crippen molar-refractivity contribution in [2.45, 2.75) is 142 Å². The topological polar surface area (TPSA) is 59.6 Å². The smallest absolute Gasteiger partial charge is 0.307 e. The van der Waals surface area contributed by atoms with Gasteiger partial charge in [0, 0.05) is 34.0 Å². The van der Waals surface area contributed by atoms with Crippen LogP contribution >= 0.6 is 8.25 Å². The molecule has 0 aromatic carbocycles. The first-order valence-electron chi connectivity index (χ1n) is 12.2. The van der Waals surface area contributed by atoms with Crippen LogP contribution in [0.1, 0.15) is 108 Å². The predicted octanol–water partition coefficient (Wildman–Crippen LogP) is 6.08. The molecule has 0 amide bonds. The minimum Gasteiger partial charge on any atom is -0.307 e. The zero-order chi connectivity index (χ0) is 23.0. The highest BCUT2D eigenvalue weighted by Crippen LogP contribution is 2.46. The van der Waals surface area contributed by atoms with E-state index in [2.05, 4.69) is 79.9 Å². The maximum Gasteiger partial charge on any atom is 0.319 e. The Morgan fingerprint density at radius 2 is 1.07 bits per heavy atom. The standard InChI is InChI=1S/C24H49N2O3P/c1-11-21(7)15-19(17(5)23(9,13-3)25-21)28-30(27)29-20-16-22(8,12-2)26-24(10,14-4)18(20)6/h17-20,25-26,30H,11-16H2,1-10H3. The van der Waals surface area contributed by atoms with Crippen molar-refractivity contribution in [2.24, 2.45) is 11.8 Å². The molecular weight excluding hydrogens is 395 g/mol. The third-order valence-electron chi connectivity index (χ3n) is 9.13. The van der Waals surface area contributed by atoms with Gasteiger partial charge in [0.25, 0.3) is 0 Å². The summed E-state index contributed by atoms with van der Waals surface area (Å²) in [5.41, 5.74) is -0.0692. The maximum atomic E-state index is 13.2. The number of nitrogens with one attached hydrogen (secondary N) is 2. The summed E-state index contributed by atoms with van der Waals surface area (Å²) >= 11 is 0. The van der Waals surface area contributed by atoms with Crippen molar-refractivity contribution >= 4 is 8.25 Å². The highest BCUT2D eigenvalue weighted by atomic mass is 31.1. The molecule has 5 nitrogen and oxygen atoms in total. The van der Waals surface area contributed by atoms with Gasteiger partial charge in [0.05, 0.1) is 12.2 Å². The average Bonchev–Trinajstić information content (AvgIpc) is 2.69. The Bertz CT molecular complexity index is 569. The van der Waals surface area contributed by atoms with E-state index in [1.807, 2.05) is 0 Å². The van der Waals surface area contributed by atoms with Crippen LogP contribution in [-0.4, -0.2) is 34.4 Å². The molecule has 0 spiro atoms. The summed E-state index contributed by atoms with van der Waals surface area (Å²) in [6.45, 7) is 22.4. The van der Waals surface area contributed by atoms with Crippen molar-refractivity contribution in [2.75, 3.05) is 0 Å². The highest BCUT2D eigenvalue weighted by Gasteiger charge is 2.49. The molecule has 2 saturated heterocycles. The Labute approximate surface area is 186 Å². The van der Waals surface area contributed by atoms with Gasteiger partial charge in [-0.25, -0.2) is 0 Å². The Morgan fingerprint density at radius 1 is 0.733 bits per heavy atom. The number of hydrogen-bond donors (Lipinski definition) is 2. The van der Waals surface area contributed by atoms with E-state index in [1.165, 1.54) is 0 Å². The van der Waals surface area contributed by atoms with E-state index in [1.54, 1.807) is 0 Å². The van der Waals surface area contributed by atoms with Gasteiger partial charge in [0.15, 0.2) is 0 Å². The van der Waals surface area contributed by atoms with Gasteiger partial charge in [-0.1, -0.05) is 41.5 Å². The molecule has 2 aliphatic heterocycles. The second-order valence-electron chi connectivity index (χ2n) is 11.2. The molecule has 30 heavy (non-hydrogen) atoms. The molecule has 0 radical (unpaired) electrons. The van der Waals surface area contributed by atoms with Crippen LogP contribution in [0.4, 0.5) is 0 Å². The molecule has 0 aromatic heterocycles. The van der Waals surface area contributed by atoms with E-state index in [9.17, 15) is 4.57 Å². The second kappa shape index (κ2) is 9.51. The molecule has 2 fully saturated rings. The van der Waals surface area contributed by atoms with E-state index in [4.69, 9.17) is 9.05 Å². The van der Waals surface area contributed by atoms with Crippen LogP contribution in [0.5, 0.6) is 0 Å². The fraction of sp³-hybridized carbons (Fsp3) is 1.00. The molecule has 8 unspecified atom stereocenters. The summed E-state index contributed by atoms with van der Waals surface area (Å²) in [7, 11) is -2.59. The zero-order valence-corrected chi connectivity index (χ0v) is 22.3. The summed E-state index contributed by atoms with van der Waals surface area (Å²) in [6.07, 6.45) is 5.68. The normalized spacial score (nSPS) is 48.5. The van der Waals surface area contributed by atoms with Gasteiger partial charge in [-0.15, -0.1) is 0 Å². The monoisotopic (exact) mass is 444 g/mol. The quantitative estimate of drug-likeness (QED) is 0.444. The highest BCUT2D eigenvalue weighted by molar-refractivity contribution is 7.33. The Morgan fingerprint density at radius 3 is 1.33 bits per heavy atom. The van der Waals surface area contributed by atoms with Crippen molar-refractivity contribution in [3.05, 3.63) is 0 Å². The predicted molar refractivity (Wildman–Crippen MR) is 127 cm³/mol. The molecule has 0 bridgehead atoms. The van der Waals surface area contributed by atoms with Crippen LogP contribution < -0.4 is 10.6 Å². The Balaban J connectivity index is 2.15. The van der Waals surface area contributed by atoms with E-state index >= 15 is 0 Å². The lowest BCUT2D eigenvalue weighted by Crippen LogP contribution is -2.66. The second-order valence-corrected chi connectivity index (χ2v) is 12.1. The van der Waals surface area contributed by atoms with Crippen molar-refractivity contribution in [3.8, 4) is 0 Å². The lowest BCUT2D eigenvalue weighted by atomic mass is 9.70. The van der Waals surface area contributed by atoms with E-state index in [0.717, 1.165) is 38.5 Å². The van der Waals surface area contributed by atoms with Crippen molar-refractivity contribution < 1.29 is 13.6 Å². The van der Waals surface area contributed by atoms with Crippen molar-refractivity contribution in [1.82, 2.24) is 10.6 Å². The first-order chi connectivity index (χ1) is 13.8. The van der Waals surface area contributed by atoms with E-state index < -0.39 is 8.25 Å². The van der Waals surface area contributed by atoms with E-state index in [0.29, 0.717) is 0 Å². The zero-order valence-electron chi connectivity index (χ0n) is 21.3. The lowest BCUT2D eigenvalue weighted by molar-refractivity contribution is -0.0411. The summed E-state index contributed by atoms with van der Waals surface area (Å²) < 4.78 is 25.6. The van der Waals surface area contributed by atoms with Crippen LogP contribution in [0.25, 0.3) is 0 Å². The summed E-state index contributed by atoms with van der Waals surface area (Å²) in [6, 6.07) is 0. The van der Waals surface area contributed by atoms with Gasteiger partial charge in [0.2, 0.25) is 0 Å². The van der Waals surface area contributed by atoms with Crippen LogP contribution in [0.2, 0.25) is 0 Å². The van der Waals surface area contributed by atoms with Crippen molar-refractivity contribution in [3.63, 3.8) is 0 Å².